The van der Waals surface area contributed by atoms with Crippen molar-refractivity contribution in [3.8, 4) is 0 Å². The summed E-state index contributed by atoms with van der Waals surface area (Å²) in [7, 11) is 0. The van der Waals surface area contributed by atoms with E-state index < -0.39 is 0 Å². The Kier molecular flexibility index (Phi) is 4.14. The van der Waals surface area contributed by atoms with Crippen LogP contribution in [0.2, 0.25) is 0 Å². The summed E-state index contributed by atoms with van der Waals surface area (Å²) in [4.78, 5) is 4.90. The molecular weight excluding hydrogens is 302 g/mol. The van der Waals surface area contributed by atoms with E-state index in [0.717, 1.165) is 57.1 Å². The number of nitrogens with zero attached hydrogens (tertiary/aromatic N) is 3. The maximum absolute atomic E-state index is 9.87. The Morgan fingerprint density at radius 1 is 1.25 bits per heavy atom. The normalized spacial score (nSPS) is 20.2. The highest BCUT2D eigenvalue weighted by atomic mass is 16.5. The molecule has 0 bridgehead atoms. The molecule has 0 amide bonds. The molecular formula is C19H25N3O2. The van der Waals surface area contributed by atoms with E-state index in [4.69, 9.17) is 14.8 Å². The Morgan fingerprint density at radius 3 is 2.67 bits per heavy atom. The predicted octanol–water partition coefficient (Wildman–Crippen LogP) is 2.55. The lowest BCUT2D eigenvalue weighted by atomic mass is 10.00. The smallest absolute Gasteiger partial charge is 0.154 e. The fourth-order valence-corrected chi connectivity index (χ4v) is 3.54. The van der Waals surface area contributed by atoms with Gasteiger partial charge >= 0.3 is 0 Å². The molecule has 5 heteroatoms. The minimum absolute atomic E-state index is 0.159. The third kappa shape index (κ3) is 2.87. The molecule has 2 aromatic rings. The van der Waals surface area contributed by atoms with Gasteiger partial charge < -0.3 is 9.84 Å². The van der Waals surface area contributed by atoms with Crippen molar-refractivity contribution in [2.24, 2.45) is 0 Å². The summed E-state index contributed by atoms with van der Waals surface area (Å²) >= 11 is 0. The molecule has 2 fully saturated rings. The van der Waals surface area contributed by atoms with Crippen LogP contribution in [0.25, 0.3) is 0 Å². The van der Waals surface area contributed by atoms with Crippen LogP contribution in [0.15, 0.2) is 24.3 Å². The van der Waals surface area contributed by atoms with Gasteiger partial charge in [-0.3, -0.25) is 0 Å². The second kappa shape index (κ2) is 6.30. The van der Waals surface area contributed by atoms with Gasteiger partial charge in [0.15, 0.2) is 5.82 Å². The van der Waals surface area contributed by atoms with E-state index in [2.05, 4.69) is 31.2 Å². The van der Waals surface area contributed by atoms with Gasteiger partial charge in [-0.25, -0.2) is 9.67 Å². The predicted molar refractivity (Wildman–Crippen MR) is 91.1 cm³/mol. The zero-order chi connectivity index (χ0) is 16.6. The first-order valence-corrected chi connectivity index (χ1v) is 8.90. The monoisotopic (exact) mass is 327 g/mol. The number of aromatic nitrogens is 3. The zero-order valence-corrected chi connectivity index (χ0v) is 14.2. The molecule has 1 aliphatic heterocycles. The number of ether oxygens (including phenoxy) is 1. The van der Waals surface area contributed by atoms with Crippen LogP contribution >= 0.6 is 0 Å². The second-order valence-corrected chi connectivity index (χ2v) is 7.20. The van der Waals surface area contributed by atoms with Crippen molar-refractivity contribution in [3.05, 3.63) is 47.0 Å². The van der Waals surface area contributed by atoms with Crippen molar-refractivity contribution in [1.29, 1.82) is 0 Å². The SMILES string of the molecule is Cc1ccccc1Cn1nc(C2CCOCC2)nc1C1(CO)CC1. The summed E-state index contributed by atoms with van der Waals surface area (Å²) in [6.07, 6.45) is 3.98. The molecule has 0 spiro atoms. The summed E-state index contributed by atoms with van der Waals surface area (Å²) in [5.41, 5.74) is 2.36. The first-order chi connectivity index (χ1) is 11.7. The van der Waals surface area contributed by atoms with Gasteiger partial charge in [0.1, 0.15) is 5.82 Å². The van der Waals surface area contributed by atoms with E-state index >= 15 is 0 Å². The minimum atomic E-state index is -0.168. The molecule has 128 valence electrons. The molecule has 2 heterocycles. The topological polar surface area (TPSA) is 60.2 Å². The molecule has 1 saturated heterocycles. The van der Waals surface area contributed by atoms with Gasteiger partial charge in [-0.05, 0) is 43.7 Å². The molecule has 0 atom stereocenters. The van der Waals surface area contributed by atoms with Crippen LogP contribution in [0.3, 0.4) is 0 Å². The fourth-order valence-electron chi connectivity index (χ4n) is 3.54. The van der Waals surface area contributed by atoms with Crippen LogP contribution in [-0.2, 0) is 16.7 Å². The minimum Gasteiger partial charge on any atom is -0.395 e. The van der Waals surface area contributed by atoms with Crippen LogP contribution in [0, 0.1) is 6.92 Å². The van der Waals surface area contributed by atoms with Gasteiger partial charge in [-0.15, -0.1) is 0 Å². The van der Waals surface area contributed by atoms with Gasteiger partial charge in [0.05, 0.1) is 18.6 Å². The quantitative estimate of drug-likeness (QED) is 0.917. The molecule has 1 saturated carbocycles. The Balaban J connectivity index is 1.68. The van der Waals surface area contributed by atoms with E-state index in [9.17, 15) is 5.11 Å². The highest BCUT2D eigenvalue weighted by Gasteiger charge is 2.48. The number of hydrogen-bond acceptors (Lipinski definition) is 4. The van der Waals surface area contributed by atoms with Crippen LogP contribution in [0.4, 0.5) is 0 Å². The summed E-state index contributed by atoms with van der Waals surface area (Å²) in [5.74, 6) is 2.28. The summed E-state index contributed by atoms with van der Waals surface area (Å²) in [6, 6.07) is 8.40. The van der Waals surface area contributed by atoms with Gasteiger partial charge in [-0.2, -0.15) is 5.10 Å². The lowest BCUT2D eigenvalue weighted by Gasteiger charge is -2.18. The first kappa shape index (κ1) is 15.8. The Bertz CT molecular complexity index is 715. The average molecular weight is 327 g/mol. The molecule has 0 radical (unpaired) electrons. The molecule has 0 unspecified atom stereocenters. The number of benzene rings is 1. The Morgan fingerprint density at radius 2 is 2.00 bits per heavy atom. The maximum atomic E-state index is 9.87. The van der Waals surface area contributed by atoms with E-state index in [0.29, 0.717) is 5.92 Å². The molecule has 1 aromatic heterocycles. The zero-order valence-electron chi connectivity index (χ0n) is 14.2. The number of aliphatic hydroxyl groups is 1. The standard InChI is InChI=1S/C19H25N3O2/c1-14-4-2-3-5-16(14)12-22-18(19(13-23)8-9-19)20-17(21-22)15-6-10-24-11-7-15/h2-5,15,23H,6-13H2,1H3. The summed E-state index contributed by atoms with van der Waals surface area (Å²) in [6.45, 7) is 4.59. The molecule has 4 rings (SSSR count). The van der Waals surface area contributed by atoms with Crippen LogP contribution in [-0.4, -0.2) is 39.7 Å². The second-order valence-electron chi connectivity index (χ2n) is 7.20. The van der Waals surface area contributed by atoms with E-state index in [1.807, 2.05) is 4.68 Å². The molecule has 1 N–H and O–H groups in total. The van der Waals surface area contributed by atoms with Gasteiger partial charge in [-0.1, -0.05) is 24.3 Å². The fraction of sp³-hybridized carbons (Fsp3) is 0.579. The van der Waals surface area contributed by atoms with Crippen molar-refractivity contribution >= 4 is 0 Å². The van der Waals surface area contributed by atoms with Crippen molar-refractivity contribution < 1.29 is 9.84 Å². The lowest BCUT2D eigenvalue weighted by molar-refractivity contribution is 0.0835. The number of hydrogen-bond donors (Lipinski definition) is 1. The third-order valence-electron chi connectivity index (χ3n) is 5.49. The first-order valence-electron chi connectivity index (χ1n) is 8.90. The largest absolute Gasteiger partial charge is 0.395 e. The van der Waals surface area contributed by atoms with Crippen LogP contribution in [0.1, 0.15) is 54.4 Å². The average Bonchev–Trinajstić information content (AvgIpc) is 3.31. The van der Waals surface area contributed by atoms with E-state index in [1.165, 1.54) is 11.1 Å². The van der Waals surface area contributed by atoms with Crippen molar-refractivity contribution in [2.45, 2.75) is 50.5 Å². The summed E-state index contributed by atoms with van der Waals surface area (Å²) in [5, 5.41) is 14.7. The van der Waals surface area contributed by atoms with Crippen LogP contribution in [0.5, 0.6) is 0 Å². The van der Waals surface area contributed by atoms with Gasteiger partial charge in [0, 0.05) is 19.1 Å². The number of aryl methyl sites for hydroxylation is 1. The third-order valence-corrected chi connectivity index (χ3v) is 5.49. The molecule has 1 aliphatic carbocycles. The Hall–Kier alpha value is -1.72. The molecule has 1 aromatic carbocycles. The molecule has 2 aliphatic rings. The molecule has 5 nitrogen and oxygen atoms in total. The van der Waals surface area contributed by atoms with Gasteiger partial charge in [0.2, 0.25) is 0 Å². The van der Waals surface area contributed by atoms with E-state index in [-0.39, 0.29) is 12.0 Å². The summed E-state index contributed by atoms with van der Waals surface area (Å²) < 4.78 is 7.51. The van der Waals surface area contributed by atoms with Gasteiger partial charge in [0.25, 0.3) is 0 Å². The van der Waals surface area contributed by atoms with Crippen molar-refractivity contribution in [2.75, 3.05) is 19.8 Å². The van der Waals surface area contributed by atoms with Crippen LogP contribution < -0.4 is 0 Å². The maximum Gasteiger partial charge on any atom is 0.154 e. The van der Waals surface area contributed by atoms with Crippen molar-refractivity contribution in [1.82, 2.24) is 14.8 Å². The highest BCUT2D eigenvalue weighted by molar-refractivity contribution is 5.27. The highest BCUT2D eigenvalue weighted by Crippen LogP contribution is 2.47. The lowest BCUT2D eigenvalue weighted by Crippen LogP contribution is -2.20. The van der Waals surface area contributed by atoms with E-state index in [1.54, 1.807) is 0 Å². The molecule has 24 heavy (non-hydrogen) atoms. The van der Waals surface area contributed by atoms with Crippen molar-refractivity contribution in [3.63, 3.8) is 0 Å². The Labute approximate surface area is 142 Å². The number of rotatable bonds is 5. The number of aliphatic hydroxyl groups excluding tert-OH is 1.